The molecule has 1 N–H and O–H groups in total. The average molecular weight is 377 g/mol. The van der Waals surface area contributed by atoms with Gasteiger partial charge in [0.1, 0.15) is 23.7 Å². The Morgan fingerprint density at radius 2 is 1.93 bits per heavy atom. The fourth-order valence-corrected chi connectivity index (χ4v) is 3.30. The number of piperidine rings is 1. The first kappa shape index (κ1) is 17.5. The maximum atomic E-state index is 12.8. The Kier molecular flexibility index (Phi) is 4.33. The molecule has 0 unspecified atom stereocenters. The lowest BCUT2D eigenvalue weighted by atomic mass is 10.0. The zero-order valence-electron chi connectivity index (χ0n) is 14.6. The summed E-state index contributed by atoms with van der Waals surface area (Å²) in [6.07, 6.45) is -0.274. The smallest absolute Gasteiger partial charge is 0.367 e. The van der Waals surface area contributed by atoms with Crippen molar-refractivity contribution in [2.45, 2.75) is 32.0 Å². The third-order valence-corrected chi connectivity index (χ3v) is 4.60. The lowest BCUT2D eigenvalue weighted by molar-refractivity contribution is -0.141. The van der Waals surface area contributed by atoms with Crippen molar-refractivity contribution in [3.05, 3.63) is 42.1 Å². The molecule has 10 heteroatoms. The van der Waals surface area contributed by atoms with Crippen molar-refractivity contribution < 1.29 is 13.2 Å². The molecule has 0 spiro atoms. The number of anilines is 2. The molecule has 1 saturated heterocycles. The van der Waals surface area contributed by atoms with Crippen LogP contribution < -0.4 is 10.2 Å². The maximum Gasteiger partial charge on any atom is 0.433 e. The summed E-state index contributed by atoms with van der Waals surface area (Å²) in [6.45, 7) is 3.46. The van der Waals surface area contributed by atoms with Crippen molar-refractivity contribution in [2.24, 2.45) is 0 Å². The summed E-state index contributed by atoms with van der Waals surface area (Å²) in [7, 11) is 0. The summed E-state index contributed by atoms with van der Waals surface area (Å²) < 4.78 is 40.1. The molecule has 27 heavy (non-hydrogen) atoms. The van der Waals surface area contributed by atoms with Gasteiger partial charge in [-0.3, -0.25) is 0 Å². The monoisotopic (exact) mass is 377 g/mol. The summed E-state index contributed by atoms with van der Waals surface area (Å²) in [5.74, 6) is 1.17. The number of nitrogens with zero attached hydrogens (tertiary/aromatic N) is 6. The van der Waals surface area contributed by atoms with Crippen LogP contribution in [0.5, 0.6) is 0 Å². The molecule has 0 bridgehead atoms. The Bertz CT molecular complexity index is 945. The minimum Gasteiger partial charge on any atom is -0.367 e. The van der Waals surface area contributed by atoms with Gasteiger partial charge in [-0.2, -0.15) is 22.8 Å². The quantitative estimate of drug-likeness (QED) is 0.757. The standard InChI is InChI=1S/C17H18F3N7/c1-11-8-16(27-15(24-11)2-5-23-27)26-6-3-12(4-7-26)25-14-9-13(17(18,19)20)21-10-22-14/h2,5,8-10,12H,3-4,6-7H2,1H3,(H,21,22,25). The second-order valence-corrected chi connectivity index (χ2v) is 6.55. The van der Waals surface area contributed by atoms with Crippen LogP contribution in [0, 0.1) is 6.92 Å². The van der Waals surface area contributed by atoms with E-state index in [2.05, 4.69) is 30.3 Å². The highest BCUT2D eigenvalue weighted by atomic mass is 19.4. The van der Waals surface area contributed by atoms with Gasteiger partial charge in [-0.15, -0.1) is 0 Å². The third-order valence-electron chi connectivity index (χ3n) is 4.60. The topological polar surface area (TPSA) is 71.2 Å². The van der Waals surface area contributed by atoms with Crippen LogP contribution in [0.3, 0.4) is 0 Å². The fourth-order valence-electron chi connectivity index (χ4n) is 3.30. The van der Waals surface area contributed by atoms with Gasteiger partial charge in [0.25, 0.3) is 0 Å². The third kappa shape index (κ3) is 3.64. The van der Waals surface area contributed by atoms with E-state index in [0.29, 0.717) is 0 Å². The molecule has 3 aromatic heterocycles. The Labute approximate surface area is 153 Å². The number of nitrogens with one attached hydrogen (secondary N) is 1. The molecule has 4 heterocycles. The first-order valence-electron chi connectivity index (χ1n) is 8.62. The zero-order chi connectivity index (χ0) is 19.0. The molecule has 0 atom stereocenters. The molecular weight excluding hydrogens is 359 g/mol. The number of aryl methyl sites for hydroxylation is 1. The van der Waals surface area contributed by atoms with E-state index >= 15 is 0 Å². The molecule has 0 saturated carbocycles. The number of rotatable bonds is 3. The highest BCUT2D eigenvalue weighted by molar-refractivity contribution is 5.51. The fraction of sp³-hybridized carbons (Fsp3) is 0.412. The molecular formula is C17H18F3N7. The predicted molar refractivity (Wildman–Crippen MR) is 93.6 cm³/mol. The second-order valence-electron chi connectivity index (χ2n) is 6.55. The minimum absolute atomic E-state index is 0.0493. The first-order chi connectivity index (χ1) is 12.9. The van der Waals surface area contributed by atoms with Crippen molar-refractivity contribution >= 4 is 17.3 Å². The predicted octanol–water partition coefficient (Wildman–Crippen LogP) is 2.93. The van der Waals surface area contributed by atoms with Crippen LogP contribution in [0.4, 0.5) is 24.8 Å². The molecule has 3 aromatic rings. The van der Waals surface area contributed by atoms with Crippen molar-refractivity contribution in [3.8, 4) is 0 Å². The van der Waals surface area contributed by atoms with Gasteiger partial charge in [0.2, 0.25) is 0 Å². The van der Waals surface area contributed by atoms with E-state index in [1.165, 1.54) is 0 Å². The van der Waals surface area contributed by atoms with Crippen molar-refractivity contribution in [3.63, 3.8) is 0 Å². The minimum atomic E-state index is -4.48. The molecule has 0 radical (unpaired) electrons. The lowest BCUT2D eigenvalue weighted by Crippen LogP contribution is -2.40. The van der Waals surface area contributed by atoms with Crippen LogP contribution in [0.25, 0.3) is 5.65 Å². The molecule has 1 aliphatic rings. The van der Waals surface area contributed by atoms with Crippen molar-refractivity contribution in [2.75, 3.05) is 23.3 Å². The van der Waals surface area contributed by atoms with E-state index < -0.39 is 11.9 Å². The number of fused-ring (bicyclic) bond motifs is 1. The van der Waals surface area contributed by atoms with Crippen molar-refractivity contribution in [1.29, 1.82) is 0 Å². The lowest BCUT2D eigenvalue weighted by Gasteiger charge is -2.34. The summed E-state index contributed by atoms with van der Waals surface area (Å²) >= 11 is 0. The highest BCUT2D eigenvalue weighted by Crippen LogP contribution is 2.29. The van der Waals surface area contributed by atoms with E-state index in [4.69, 9.17) is 0 Å². The van der Waals surface area contributed by atoms with E-state index in [9.17, 15) is 13.2 Å². The number of hydrogen-bond acceptors (Lipinski definition) is 6. The van der Waals surface area contributed by atoms with Crippen LogP contribution in [0.2, 0.25) is 0 Å². The number of halogens is 3. The molecule has 142 valence electrons. The largest absolute Gasteiger partial charge is 0.433 e. The first-order valence-corrected chi connectivity index (χ1v) is 8.62. The number of hydrogen-bond donors (Lipinski definition) is 1. The highest BCUT2D eigenvalue weighted by Gasteiger charge is 2.33. The Hall–Kier alpha value is -2.91. The normalized spacial score (nSPS) is 16.1. The zero-order valence-corrected chi connectivity index (χ0v) is 14.6. The summed E-state index contributed by atoms with van der Waals surface area (Å²) in [4.78, 5) is 13.9. The maximum absolute atomic E-state index is 12.8. The van der Waals surface area contributed by atoms with E-state index in [1.54, 1.807) is 10.7 Å². The van der Waals surface area contributed by atoms with Gasteiger partial charge in [-0.25, -0.2) is 15.0 Å². The number of aromatic nitrogens is 5. The second kappa shape index (κ2) is 6.67. The van der Waals surface area contributed by atoms with Crippen LogP contribution in [-0.4, -0.2) is 43.7 Å². The van der Waals surface area contributed by atoms with Crippen molar-refractivity contribution in [1.82, 2.24) is 24.6 Å². The van der Waals surface area contributed by atoms with E-state index in [0.717, 1.165) is 55.5 Å². The Balaban J connectivity index is 1.44. The van der Waals surface area contributed by atoms with Gasteiger partial charge >= 0.3 is 6.18 Å². The van der Waals surface area contributed by atoms with Gasteiger partial charge in [-0.1, -0.05) is 0 Å². The molecule has 7 nitrogen and oxygen atoms in total. The summed E-state index contributed by atoms with van der Waals surface area (Å²) in [5.41, 5.74) is 0.774. The van der Waals surface area contributed by atoms with Crippen LogP contribution in [0.15, 0.2) is 30.7 Å². The van der Waals surface area contributed by atoms with Gasteiger partial charge in [-0.05, 0) is 19.8 Å². The van der Waals surface area contributed by atoms with Crippen LogP contribution in [0.1, 0.15) is 24.2 Å². The molecule has 0 aliphatic carbocycles. The van der Waals surface area contributed by atoms with Crippen LogP contribution >= 0.6 is 0 Å². The average Bonchev–Trinajstić information content (AvgIpc) is 3.09. The van der Waals surface area contributed by atoms with Gasteiger partial charge in [0.15, 0.2) is 5.65 Å². The molecule has 4 rings (SSSR count). The van der Waals surface area contributed by atoms with E-state index in [-0.39, 0.29) is 11.9 Å². The van der Waals surface area contributed by atoms with Gasteiger partial charge < -0.3 is 10.2 Å². The van der Waals surface area contributed by atoms with E-state index in [1.807, 2.05) is 19.1 Å². The number of alkyl halides is 3. The van der Waals surface area contributed by atoms with Gasteiger partial charge in [0.05, 0.1) is 6.20 Å². The Morgan fingerprint density at radius 1 is 1.15 bits per heavy atom. The molecule has 0 amide bonds. The van der Waals surface area contributed by atoms with Gasteiger partial charge in [0, 0.05) is 43.0 Å². The molecule has 0 aromatic carbocycles. The summed E-state index contributed by atoms with van der Waals surface area (Å²) in [5, 5.41) is 7.42. The molecule has 1 fully saturated rings. The molecule has 1 aliphatic heterocycles. The van der Waals surface area contributed by atoms with Crippen LogP contribution in [-0.2, 0) is 6.18 Å². The summed E-state index contributed by atoms with van der Waals surface area (Å²) in [6, 6.07) is 4.85. The Morgan fingerprint density at radius 3 is 2.67 bits per heavy atom. The SMILES string of the molecule is Cc1cc(N2CCC(Nc3cc(C(F)(F)F)ncn3)CC2)n2nccc2n1.